The van der Waals surface area contributed by atoms with Crippen LogP contribution in [-0.4, -0.2) is 0 Å². The molecule has 0 fully saturated rings. The first kappa shape index (κ1) is 14.0. The van der Waals surface area contributed by atoms with Gasteiger partial charge in [-0.25, -0.2) is 0 Å². The van der Waals surface area contributed by atoms with E-state index >= 15 is 0 Å². The second-order valence-electron chi connectivity index (χ2n) is 5.15. The number of benzene rings is 3. The molecule has 0 aliphatic heterocycles. The fourth-order valence-electron chi connectivity index (χ4n) is 2.28. The van der Waals surface area contributed by atoms with Crippen LogP contribution < -0.4 is 16.2 Å². The largest absolute Gasteiger partial charge is 0.489 e. The maximum Gasteiger partial charge on any atom is 0.120 e. The van der Waals surface area contributed by atoms with Gasteiger partial charge in [-0.15, -0.1) is 0 Å². The molecule has 0 saturated heterocycles. The summed E-state index contributed by atoms with van der Waals surface area (Å²) in [7, 11) is 0. The van der Waals surface area contributed by atoms with Crippen LogP contribution in [0.2, 0.25) is 0 Å². The molecule has 3 heteroatoms. The van der Waals surface area contributed by atoms with Crippen LogP contribution in [-0.2, 0) is 6.61 Å². The number of rotatable bonds is 4. The molecule has 0 saturated carbocycles. The molecule has 3 aromatic rings. The summed E-state index contributed by atoms with van der Waals surface area (Å²) in [4.78, 5) is 0. The van der Waals surface area contributed by atoms with E-state index in [1.165, 1.54) is 0 Å². The molecule has 110 valence electrons. The lowest BCUT2D eigenvalue weighted by atomic mass is 10.0. The van der Waals surface area contributed by atoms with Gasteiger partial charge in [0.05, 0.1) is 0 Å². The zero-order chi connectivity index (χ0) is 15.4. The molecule has 0 aliphatic carbocycles. The van der Waals surface area contributed by atoms with Crippen molar-refractivity contribution in [2.24, 2.45) is 0 Å². The van der Waals surface area contributed by atoms with Crippen molar-refractivity contribution in [2.45, 2.75) is 6.61 Å². The maximum absolute atomic E-state index is 6.08. The first-order valence-corrected chi connectivity index (χ1v) is 7.14. The SMILES string of the molecule is Nc1ccc(-c2cc(OCc3ccccc3)ccc2N)cc1. The van der Waals surface area contributed by atoms with E-state index in [9.17, 15) is 0 Å². The van der Waals surface area contributed by atoms with E-state index in [1.54, 1.807) is 0 Å². The van der Waals surface area contributed by atoms with Crippen LogP contribution in [0, 0.1) is 0 Å². The smallest absolute Gasteiger partial charge is 0.120 e. The Morgan fingerprint density at radius 3 is 2.23 bits per heavy atom. The third-order valence-electron chi connectivity index (χ3n) is 3.49. The summed E-state index contributed by atoms with van der Waals surface area (Å²) in [6.07, 6.45) is 0. The molecule has 0 unspecified atom stereocenters. The van der Waals surface area contributed by atoms with Crippen molar-refractivity contribution in [1.82, 2.24) is 0 Å². The quantitative estimate of drug-likeness (QED) is 0.711. The minimum atomic E-state index is 0.534. The molecule has 0 radical (unpaired) electrons. The summed E-state index contributed by atoms with van der Waals surface area (Å²) in [6, 6.07) is 23.4. The summed E-state index contributed by atoms with van der Waals surface area (Å²) in [6.45, 7) is 0.534. The van der Waals surface area contributed by atoms with Gasteiger partial charge in [0, 0.05) is 16.9 Å². The standard InChI is InChI=1S/C19H18N2O/c20-16-8-6-15(7-9-16)18-12-17(10-11-19(18)21)22-13-14-4-2-1-3-5-14/h1-12H,13,20-21H2. The Bertz CT molecular complexity index is 752. The molecule has 3 rings (SSSR count). The summed E-state index contributed by atoms with van der Waals surface area (Å²) >= 11 is 0. The van der Waals surface area contributed by atoms with Gasteiger partial charge in [0.2, 0.25) is 0 Å². The van der Waals surface area contributed by atoms with Crippen molar-refractivity contribution in [3.8, 4) is 16.9 Å². The third-order valence-corrected chi connectivity index (χ3v) is 3.49. The van der Waals surface area contributed by atoms with Gasteiger partial charge in [-0.05, 0) is 41.5 Å². The Morgan fingerprint density at radius 1 is 0.773 bits per heavy atom. The number of ether oxygens (including phenoxy) is 1. The molecule has 0 aromatic heterocycles. The van der Waals surface area contributed by atoms with Crippen LogP contribution >= 0.6 is 0 Å². The highest BCUT2D eigenvalue weighted by Crippen LogP contribution is 2.30. The maximum atomic E-state index is 6.08. The number of hydrogen-bond donors (Lipinski definition) is 2. The molecule has 22 heavy (non-hydrogen) atoms. The van der Waals surface area contributed by atoms with E-state index in [2.05, 4.69) is 0 Å². The topological polar surface area (TPSA) is 61.3 Å². The summed E-state index contributed by atoms with van der Waals surface area (Å²) < 4.78 is 5.85. The molecule has 4 N–H and O–H groups in total. The van der Waals surface area contributed by atoms with Crippen molar-refractivity contribution in [2.75, 3.05) is 11.5 Å². The third kappa shape index (κ3) is 3.20. The molecule has 0 aliphatic rings. The Kier molecular flexibility index (Phi) is 3.97. The number of nitrogen functional groups attached to an aromatic ring is 2. The summed E-state index contributed by atoms with van der Waals surface area (Å²) in [5.74, 6) is 0.796. The first-order valence-electron chi connectivity index (χ1n) is 7.14. The van der Waals surface area contributed by atoms with Crippen LogP contribution in [0.25, 0.3) is 11.1 Å². The van der Waals surface area contributed by atoms with E-state index < -0.39 is 0 Å². The Hall–Kier alpha value is -2.94. The van der Waals surface area contributed by atoms with Gasteiger partial charge in [0.15, 0.2) is 0 Å². The minimum Gasteiger partial charge on any atom is -0.489 e. The highest BCUT2D eigenvalue weighted by molar-refractivity contribution is 5.78. The zero-order valence-corrected chi connectivity index (χ0v) is 12.2. The van der Waals surface area contributed by atoms with E-state index in [0.717, 1.165) is 33.8 Å². The second kappa shape index (κ2) is 6.22. The second-order valence-corrected chi connectivity index (χ2v) is 5.15. The zero-order valence-electron chi connectivity index (χ0n) is 12.2. The fraction of sp³-hybridized carbons (Fsp3) is 0.0526. The highest BCUT2D eigenvalue weighted by atomic mass is 16.5. The molecule has 0 heterocycles. The Balaban J connectivity index is 1.82. The van der Waals surface area contributed by atoms with Crippen molar-refractivity contribution in [3.63, 3.8) is 0 Å². The van der Waals surface area contributed by atoms with Gasteiger partial charge in [0.1, 0.15) is 12.4 Å². The minimum absolute atomic E-state index is 0.534. The Labute approximate surface area is 130 Å². The monoisotopic (exact) mass is 290 g/mol. The van der Waals surface area contributed by atoms with Crippen molar-refractivity contribution in [1.29, 1.82) is 0 Å². The average Bonchev–Trinajstić information content (AvgIpc) is 2.56. The number of hydrogen-bond acceptors (Lipinski definition) is 3. The van der Waals surface area contributed by atoms with Gasteiger partial charge < -0.3 is 16.2 Å². The van der Waals surface area contributed by atoms with Gasteiger partial charge in [-0.1, -0.05) is 42.5 Å². The van der Waals surface area contributed by atoms with Crippen LogP contribution in [0.15, 0.2) is 72.8 Å². The van der Waals surface area contributed by atoms with Crippen molar-refractivity contribution in [3.05, 3.63) is 78.4 Å². The molecule has 0 spiro atoms. The van der Waals surface area contributed by atoms with Crippen molar-refractivity contribution >= 4 is 11.4 Å². The summed E-state index contributed by atoms with van der Waals surface area (Å²) in [5, 5.41) is 0. The molecule has 0 amide bonds. The molecule has 0 atom stereocenters. The van der Waals surface area contributed by atoms with Gasteiger partial charge in [-0.3, -0.25) is 0 Å². The first-order chi connectivity index (χ1) is 10.7. The van der Waals surface area contributed by atoms with Crippen molar-refractivity contribution < 1.29 is 4.74 Å². The fourth-order valence-corrected chi connectivity index (χ4v) is 2.28. The molecular weight excluding hydrogens is 272 g/mol. The average molecular weight is 290 g/mol. The molecule has 0 bridgehead atoms. The van der Waals surface area contributed by atoms with E-state index in [1.807, 2.05) is 72.8 Å². The molecule has 3 aromatic carbocycles. The highest BCUT2D eigenvalue weighted by Gasteiger charge is 2.05. The Morgan fingerprint density at radius 2 is 1.50 bits per heavy atom. The van der Waals surface area contributed by atoms with Crippen LogP contribution in [0.3, 0.4) is 0 Å². The van der Waals surface area contributed by atoms with Crippen LogP contribution in [0.1, 0.15) is 5.56 Å². The molecule has 3 nitrogen and oxygen atoms in total. The number of anilines is 2. The lowest BCUT2D eigenvalue weighted by Crippen LogP contribution is -1.97. The normalized spacial score (nSPS) is 10.4. The lowest BCUT2D eigenvalue weighted by Gasteiger charge is -2.11. The number of nitrogens with two attached hydrogens (primary N) is 2. The predicted octanol–water partition coefficient (Wildman–Crippen LogP) is 4.10. The summed E-state index contributed by atoms with van der Waals surface area (Å²) in [5.41, 5.74) is 16.4. The lowest BCUT2D eigenvalue weighted by molar-refractivity contribution is 0.306. The van der Waals surface area contributed by atoms with E-state index in [0.29, 0.717) is 6.61 Å². The van der Waals surface area contributed by atoms with E-state index in [4.69, 9.17) is 16.2 Å². The van der Waals surface area contributed by atoms with E-state index in [-0.39, 0.29) is 0 Å². The van der Waals surface area contributed by atoms with Gasteiger partial charge in [0.25, 0.3) is 0 Å². The van der Waals surface area contributed by atoms with Gasteiger partial charge in [-0.2, -0.15) is 0 Å². The van der Waals surface area contributed by atoms with Crippen LogP contribution in [0.5, 0.6) is 5.75 Å². The van der Waals surface area contributed by atoms with Crippen LogP contribution in [0.4, 0.5) is 11.4 Å². The predicted molar refractivity (Wildman–Crippen MR) is 91.5 cm³/mol. The van der Waals surface area contributed by atoms with Gasteiger partial charge >= 0.3 is 0 Å². The molecular formula is C19H18N2O.